The average Bonchev–Trinajstić information content (AvgIpc) is 2.77. The standard InChI is InChI=1S/C22H21N3O4S/c1-29-19-9-15(7-8-18(19)26)16-10-20(27)25-22(17(16)11-23)30-13-21(28)24-12-14-5-3-2-4-6-14/h2-9,16,26H,10,12-13H2,1H3,(H,24,28)(H,25,27). The molecule has 0 saturated carbocycles. The van der Waals surface area contributed by atoms with Crippen molar-refractivity contribution in [1.82, 2.24) is 10.6 Å². The first kappa shape index (κ1) is 21.3. The van der Waals surface area contributed by atoms with Gasteiger partial charge in [-0.25, -0.2) is 0 Å². The normalized spacial score (nSPS) is 15.9. The zero-order chi connectivity index (χ0) is 21.5. The highest BCUT2D eigenvalue weighted by molar-refractivity contribution is 8.03. The van der Waals surface area contributed by atoms with Crippen molar-refractivity contribution in [2.24, 2.45) is 0 Å². The molecule has 0 radical (unpaired) electrons. The lowest BCUT2D eigenvalue weighted by Gasteiger charge is -2.25. The minimum absolute atomic E-state index is 0.0197. The Morgan fingerprint density at radius 2 is 2.10 bits per heavy atom. The number of phenols is 1. The number of allylic oxidation sites excluding steroid dienone is 1. The van der Waals surface area contributed by atoms with Gasteiger partial charge in [-0.1, -0.05) is 48.2 Å². The number of rotatable bonds is 7. The van der Waals surface area contributed by atoms with Crippen LogP contribution in [0.5, 0.6) is 11.5 Å². The molecule has 0 spiro atoms. The molecule has 1 aliphatic heterocycles. The fraction of sp³-hybridized carbons (Fsp3) is 0.227. The first-order chi connectivity index (χ1) is 14.5. The second-order valence-electron chi connectivity index (χ2n) is 6.64. The van der Waals surface area contributed by atoms with Crippen LogP contribution in [-0.4, -0.2) is 29.8 Å². The summed E-state index contributed by atoms with van der Waals surface area (Å²) < 4.78 is 5.13. The second-order valence-corrected chi connectivity index (χ2v) is 7.63. The Hall–Kier alpha value is -3.44. The molecule has 1 atom stereocenters. The SMILES string of the molecule is COc1cc(C2CC(=O)NC(SCC(=O)NCc3ccccc3)=C2C#N)ccc1O. The van der Waals surface area contributed by atoms with Crippen molar-refractivity contribution in [3.05, 3.63) is 70.3 Å². The molecule has 2 aromatic rings. The van der Waals surface area contributed by atoms with E-state index in [-0.39, 0.29) is 35.5 Å². The predicted octanol–water partition coefficient (Wildman–Crippen LogP) is 2.79. The lowest BCUT2D eigenvalue weighted by molar-refractivity contribution is -0.121. The molecule has 3 N–H and O–H groups in total. The van der Waals surface area contributed by atoms with Crippen LogP contribution in [0, 0.1) is 11.3 Å². The number of hydrogen-bond acceptors (Lipinski definition) is 6. The van der Waals surface area contributed by atoms with E-state index >= 15 is 0 Å². The molecule has 3 rings (SSSR count). The first-order valence-electron chi connectivity index (χ1n) is 9.26. The van der Waals surface area contributed by atoms with Crippen LogP contribution in [0.25, 0.3) is 0 Å². The highest BCUT2D eigenvalue weighted by Gasteiger charge is 2.30. The summed E-state index contributed by atoms with van der Waals surface area (Å²) in [6.45, 7) is 0.409. The topological polar surface area (TPSA) is 111 Å². The molecule has 154 valence electrons. The van der Waals surface area contributed by atoms with Crippen molar-refractivity contribution in [1.29, 1.82) is 5.26 Å². The molecular weight excluding hydrogens is 402 g/mol. The number of ether oxygens (including phenoxy) is 1. The number of thioether (sulfide) groups is 1. The molecule has 1 heterocycles. The van der Waals surface area contributed by atoms with E-state index in [1.165, 1.54) is 13.2 Å². The molecule has 2 aromatic carbocycles. The monoisotopic (exact) mass is 423 g/mol. The Labute approximate surface area is 178 Å². The maximum Gasteiger partial charge on any atom is 0.230 e. The molecule has 1 unspecified atom stereocenters. The summed E-state index contributed by atoms with van der Waals surface area (Å²) in [7, 11) is 1.43. The maximum atomic E-state index is 12.2. The van der Waals surface area contributed by atoms with Crippen molar-refractivity contribution >= 4 is 23.6 Å². The maximum absolute atomic E-state index is 12.2. The van der Waals surface area contributed by atoms with Gasteiger partial charge in [0.25, 0.3) is 0 Å². The van der Waals surface area contributed by atoms with E-state index in [1.807, 2.05) is 30.3 Å². The van der Waals surface area contributed by atoms with Crippen LogP contribution in [0.2, 0.25) is 0 Å². The summed E-state index contributed by atoms with van der Waals surface area (Å²) in [5.74, 6) is -0.596. The number of methoxy groups -OCH3 is 1. The summed E-state index contributed by atoms with van der Waals surface area (Å²) in [5.41, 5.74) is 2.05. The second kappa shape index (κ2) is 9.85. The van der Waals surface area contributed by atoms with Crippen LogP contribution in [0.15, 0.2) is 59.1 Å². The molecule has 0 aliphatic carbocycles. The molecular formula is C22H21N3O4S. The number of aromatic hydroxyl groups is 1. The average molecular weight is 423 g/mol. The van der Waals surface area contributed by atoms with Crippen molar-refractivity contribution in [2.75, 3.05) is 12.9 Å². The minimum Gasteiger partial charge on any atom is -0.504 e. The third kappa shape index (κ3) is 5.13. The van der Waals surface area contributed by atoms with Crippen molar-refractivity contribution in [3.63, 3.8) is 0 Å². The van der Waals surface area contributed by atoms with Crippen LogP contribution in [-0.2, 0) is 16.1 Å². The van der Waals surface area contributed by atoms with Crippen LogP contribution < -0.4 is 15.4 Å². The Kier molecular flexibility index (Phi) is 6.99. The Morgan fingerprint density at radius 1 is 1.33 bits per heavy atom. The van der Waals surface area contributed by atoms with Gasteiger partial charge in [0.05, 0.1) is 29.5 Å². The third-order valence-corrected chi connectivity index (χ3v) is 5.66. The van der Waals surface area contributed by atoms with Gasteiger partial charge in [-0.15, -0.1) is 0 Å². The van der Waals surface area contributed by atoms with Gasteiger partial charge in [-0.3, -0.25) is 9.59 Å². The Balaban J connectivity index is 1.72. The number of nitriles is 1. The van der Waals surface area contributed by atoms with E-state index in [9.17, 15) is 20.0 Å². The summed E-state index contributed by atoms with van der Waals surface area (Å²) in [5, 5.41) is 25.4. The molecule has 0 saturated heterocycles. The molecule has 30 heavy (non-hydrogen) atoms. The smallest absolute Gasteiger partial charge is 0.230 e. The molecule has 2 amide bonds. The Morgan fingerprint density at radius 3 is 2.80 bits per heavy atom. The van der Waals surface area contributed by atoms with E-state index in [4.69, 9.17) is 4.74 Å². The minimum atomic E-state index is -0.479. The van der Waals surface area contributed by atoms with Gasteiger partial charge in [0.1, 0.15) is 0 Å². The molecule has 1 aliphatic rings. The first-order valence-corrected chi connectivity index (χ1v) is 10.2. The number of phenolic OH excluding ortho intramolecular Hbond substituents is 1. The fourth-order valence-electron chi connectivity index (χ4n) is 3.11. The van der Waals surface area contributed by atoms with Gasteiger partial charge in [-0.05, 0) is 23.3 Å². The lowest BCUT2D eigenvalue weighted by atomic mass is 9.87. The number of benzene rings is 2. The molecule has 7 nitrogen and oxygen atoms in total. The van der Waals surface area contributed by atoms with Crippen molar-refractivity contribution in [3.8, 4) is 17.6 Å². The molecule has 0 aromatic heterocycles. The zero-order valence-corrected chi connectivity index (χ0v) is 17.2. The quantitative estimate of drug-likeness (QED) is 0.631. The lowest BCUT2D eigenvalue weighted by Crippen LogP contribution is -2.32. The van der Waals surface area contributed by atoms with E-state index < -0.39 is 5.92 Å². The third-order valence-electron chi connectivity index (χ3n) is 4.64. The number of carbonyl (C=O) groups excluding carboxylic acids is 2. The van der Waals surface area contributed by atoms with Crippen LogP contribution in [0.3, 0.4) is 0 Å². The summed E-state index contributed by atoms with van der Waals surface area (Å²) >= 11 is 1.12. The number of nitrogens with zero attached hydrogens (tertiary/aromatic N) is 1. The molecule has 0 fully saturated rings. The van der Waals surface area contributed by atoms with Crippen LogP contribution in [0.4, 0.5) is 0 Å². The van der Waals surface area contributed by atoms with E-state index in [1.54, 1.807) is 12.1 Å². The van der Waals surface area contributed by atoms with Crippen molar-refractivity contribution in [2.45, 2.75) is 18.9 Å². The van der Waals surface area contributed by atoms with Gasteiger partial charge in [0, 0.05) is 18.9 Å². The van der Waals surface area contributed by atoms with Gasteiger partial charge in [0.15, 0.2) is 11.5 Å². The van der Waals surface area contributed by atoms with Crippen LogP contribution in [0.1, 0.15) is 23.5 Å². The van der Waals surface area contributed by atoms with Gasteiger partial charge in [-0.2, -0.15) is 5.26 Å². The fourth-order valence-corrected chi connectivity index (χ4v) is 4.02. The van der Waals surface area contributed by atoms with E-state index in [0.29, 0.717) is 22.7 Å². The molecule has 0 bridgehead atoms. The van der Waals surface area contributed by atoms with Crippen molar-refractivity contribution < 1.29 is 19.4 Å². The summed E-state index contributed by atoms with van der Waals surface area (Å²) in [6, 6.07) is 16.5. The number of carbonyl (C=O) groups is 2. The van der Waals surface area contributed by atoms with E-state index in [2.05, 4.69) is 16.7 Å². The Bertz CT molecular complexity index is 1010. The van der Waals surface area contributed by atoms with Gasteiger partial charge < -0.3 is 20.5 Å². The summed E-state index contributed by atoms with van der Waals surface area (Å²) in [6.07, 6.45) is 0.0983. The van der Waals surface area contributed by atoms with E-state index in [0.717, 1.165) is 17.3 Å². The number of hydrogen-bond donors (Lipinski definition) is 3. The van der Waals surface area contributed by atoms with Crippen LogP contribution >= 0.6 is 11.8 Å². The predicted molar refractivity (Wildman–Crippen MR) is 114 cm³/mol. The highest BCUT2D eigenvalue weighted by atomic mass is 32.2. The number of amides is 2. The largest absolute Gasteiger partial charge is 0.504 e. The summed E-state index contributed by atoms with van der Waals surface area (Å²) in [4.78, 5) is 24.5. The molecule has 8 heteroatoms. The number of nitrogens with one attached hydrogen (secondary N) is 2. The highest BCUT2D eigenvalue weighted by Crippen LogP contribution is 2.38. The zero-order valence-electron chi connectivity index (χ0n) is 16.3. The van der Waals surface area contributed by atoms with Gasteiger partial charge >= 0.3 is 0 Å². The van der Waals surface area contributed by atoms with Gasteiger partial charge in [0.2, 0.25) is 11.8 Å².